The Hall–Kier alpha value is -3.55. The van der Waals surface area contributed by atoms with Gasteiger partial charge in [-0.25, -0.2) is 14.7 Å². The number of nitrogens with zero attached hydrogens (tertiary/aromatic N) is 3. The topological polar surface area (TPSA) is 65.5 Å². The summed E-state index contributed by atoms with van der Waals surface area (Å²) >= 11 is 1.63. The SMILES string of the molecule is CN(Cc1nc2ccccc2s1)CN1C(=O)NC(Cc2ccccc2)(Cc2ccccc2)C1=O. The molecule has 4 aromatic rings. The number of thiazole rings is 1. The standard InChI is InChI=1S/C27H26N4O2S/c1-30(18-24-28-22-14-8-9-15-23(22)34-24)19-31-25(32)27(29-26(31)33,16-20-10-4-2-5-11-20)17-21-12-6-3-7-13-21/h2-15H,16-19H2,1H3,(H,29,33). The molecule has 6 nitrogen and oxygen atoms in total. The summed E-state index contributed by atoms with van der Waals surface area (Å²) in [4.78, 5) is 34.8. The van der Waals surface area contributed by atoms with Crippen LogP contribution in [-0.2, 0) is 24.2 Å². The maximum absolute atomic E-state index is 13.8. The second kappa shape index (κ2) is 9.37. The third kappa shape index (κ3) is 4.58. The minimum absolute atomic E-state index is 0.193. The van der Waals surface area contributed by atoms with Gasteiger partial charge in [-0.2, -0.15) is 0 Å². The molecule has 1 saturated heterocycles. The fourth-order valence-corrected chi connectivity index (χ4v) is 5.55. The molecule has 0 unspecified atom stereocenters. The molecule has 3 aromatic carbocycles. The van der Waals surface area contributed by atoms with Crippen LogP contribution < -0.4 is 5.32 Å². The Morgan fingerprint density at radius 3 is 2.09 bits per heavy atom. The fourth-order valence-electron chi connectivity index (χ4n) is 4.51. The predicted molar refractivity (Wildman–Crippen MR) is 134 cm³/mol. The first-order valence-corrected chi connectivity index (χ1v) is 12.1. The summed E-state index contributed by atoms with van der Waals surface area (Å²) in [7, 11) is 1.90. The number of nitrogens with one attached hydrogen (secondary N) is 1. The third-order valence-electron chi connectivity index (χ3n) is 6.07. The van der Waals surface area contributed by atoms with Gasteiger partial charge >= 0.3 is 6.03 Å². The van der Waals surface area contributed by atoms with Gasteiger partial charge in [0.2, 0.25) is 0 Å². The van der Waals surface area contributed by atoms with E-state index in [0.29, 0.717) is 19.4 Å². The number of imide groups is 1. The lowest BCUT2D eigenvalue weighted by Gasteiger charge is -2.28. The van der Waals surface area contributed by atoms with Crippen molar-refractivity contribution >= 4 is 33.5 Å². The number of amides is 3. The highest BCUT2D eigenvalue weighted by molar-refractivity contribution is 7.18. The first kappa shape index (κ1) is 22.3. The lowest BCUT2D eigenvalue weighted by molar-refractivity contribution is -0.132. The van der Waals surface area contributed by atoms with E-state index in [1.54, 1.807) is 11.3 Å². The van der Waals surface area contributed by atoms with E-state index in [1.165, 1.54) is 4.90 Å². The van der Waals surface area contributed by atoms with Crippen molar-refractivity contribution in [1.82, 2.24) is 20.1 Å². The summed E-state index contributed by atoms with van der Waals surface area (Å²) in [5, 5.41) is 4.01. The Bertz CT molecular complexity index is 1230. The van der Waals surface area contributed by atoms with E-state index in [4.69, 9.17) is 0 Å². The number of urea groups is 1. The van der Waals surface area contributed by atoms with Gasteiger partial charge in [-0.05, 0) is 30.3 Å². The van der Waals surface area contributed by atoms with Crippen molar-refractivity contribution in [2.24, 2.45) is 0 Å². The Morgan fingerprint density at radius 2 is 1.47 bits per heavy atom. The van der Waals surface area contributed by atoms with E-state index in [0.717, 1.165) is 26.4 Å². The van der Waals surface area contributed by atoms with E-state index < -0.39 is 5.54 Å². The number of carbonyl (C=O) groups excluding carboxylic acids is 2. The Morgan fingerprint density at radius 1 is 0.882 bits per heavy atom. The summed E-state index contributed by atoms with van der Waals surface area (Å²) in [6.45, 7) is 0.757. The molecule has 1 N–H and O–H groups in total. The molecular formula is C27H26N4O2S. The summed E-state index contributed by atoms with van der Waals surface area (Å²) < 4.78 is 1.13. The Kier molecular flexibility index (Phi) is 6.13. The molecule has 5 rings (SSSR count). The molecule has 0 spiro atoms. The van der Waals surface area contributed by atoms with Gasteiger partial charge in [0.25, 0.3) is 5.91 Å². The first-order chi connectivity index (χ1) is 16.5. The summed E-state index contributed by atoms with van der Waals surface area (Å²) in [6, 6.07) is 27.4. The zero-order chi connectivity index (χ0) is 23.5. The molecule has 1 fully saturated rings. The quantitative estimate of drug-likeness (QED) is 0.386. The Labute approximate surface area is 202 Å². The van der Waals surface area contributed by atoms with E-state index in [-0.39, 0.29) is 18.6 Å². The van der Waals surface area contributed by atoms with Crippen LogP contribution in [0.25, 0.3) is 10.2 Å². The second-order valence-corrected chi connectivity index (χ2v) is 9.92. The van der Waals surface area contributed by atoms with Crippen LogP contribution in [0.3, 0.4) is 0 Å². The van der Waals surface area contributed by atoms with E-state index in [1.807, 2.05) is 90.8 Å². The zero-order valence-corrected chi connectivity index (χ0v) is 19.8. The van der Waals surface area contributed by atoms with Gasteiger partial charge in [0.15, 0.2) is 0 Å². The number of carbonyl (C=O) groups is 2. The number of fused-ring (bicyclic) bond motifs is 1. The van der Waals surface area contributed by atoms with Crippen molar-refractivity contribution in [3.63, 3.8) is 0 Å². The smallest absolute Gasteiger partial charge is 0.322 e. The van der Waals surface area contributed by atoms with Crippen LogP contribution in [0, 0.1) is 0 Å². The lowest BCUT2D eigenvalue weighted by Crippen LogP contribution is -2.51. The van der Waals surface area contributed by atoms with Gasteiger partial charge in [0.1, 0.15) is 10.5 Å². The highest BCUT2D eigenvalue weighted by atomic mass is 32.1. The third-order valence-corrected chi connectivity index (χ3v) is 7.09. The van der Waals surface area contributed by atoms with Crippen molar-refractivity contribution in [3.05, 3.63) is 101 Å². The maximum atomic E-state index is 13.8. The molecule has 7 heteroatoms. The second-order valence-electron chi connectivity index (χ2n) is 8.80. The van der Waals surface area contributed by atoms with E-state index in [9.17, 15) is 9.59 Å². The number of benzene rings is 3. The molecule has 34 heavy (non-hydrogen) atoms. The lowest BCUT2D eigenvalue weighted by atomic mass is 9.84. The minimum atomic E-state index is -1.02. The molecule has 0 radical (unpaired) electrons. The van der Waals surface area contributed by atoms with Crippen LogP contribution in [0.15, 0.2) is 84.9 Å². The summed E-state index contributed by atoms with van der Waals surface area (Å²) in [6.07, 6.45) is 0.872. The fraction of sp³-hybridized carbons (Fsp3) is 0.222. The van der Waals surface area contributed by atoms with Crippen LogP contribution in [0.5, 0.6) is 0 Å². The van der Waals surface area contributed by atoms with Crippen molar-refractivity contribution in [2.75, 3.05) is 13.7 Å². The molecule has 1 aromatic heterocycles. The van der Waals surface area contributed by atoms with Gasteiger partial charge in [0.05, 0.1) is 23.4 Å². The maximum Gasteiger partial charge on any atom is 0.326 e. The first-order valence-electron chi connectivity index (χ1n) is 11.3. The number of hydrogen-bond donors (Lipinski definition) is 1. The predicted octanol–water partition coefficient (Wildman–Crippen LogP) is 4.46. The average molecular weight is 471 g/mol. The van der Waals surface area contributed by atoms with Crippen LogP contribution in [-0.4, -0.2) is 46.0 Å². The molecule has 0 bridgehead atoms. The number of hydrogen-bond acceptors (Lipinski definition) is 5. The molecule has 0 atom stereocenters. The zero-order valence-electron chi connectivity index (χ0n) is 19.0. The highest BCUT2D eigenvalue weighted by Crippen LogP contribution is 2.28. The van der Waals surface area contributed by atoms with Crippen LogP contribution in [0.4, 0.5) is 4.79 Å². The Balaban J connectivity index is 1.36. The minimum Gasteiger partial charge on any atom is -0.322 e. The number of aromatic nitrogens is 1. The molecule has 0 saturated carbocycles. The highest BCUT2D eigenvalue weighted by Gasteiger charge is 2.51. The van der Waals surface area contributed by atoms with Crippen molar-refractivity contribution in [1.29, 1.82) is 0 Å². The van der Waals surface area contributed by atoms with Gasteiger partial charge < -0.3 is 5.32 Å². The normalized spacial score (nSPS) is 15.3. The molecule has 2 heterocycles. The number of para-hydroxylation sites is 1. The van der Waals surface area contributed by atoms with Crippen molar-refractivity contribution in [3.8, 4) is 0 Å². The molecule has 1 aliphatic heterocycles. The largest absolute Gasteiger partial charge is 0.326 e. The van der Waals surface area contributed by atoms with Crippen molar-refractivity contribution in [2.45, 2.75) is 24.9 Å². The van der Waals surface area contributed by atoms with Gasteiger partial charge in [-0.1, -0.05) is 72.8 Å². The molecule has 172 valence electrons. The molecule has 3 amide bonds. The van der Waals surface area contributed by atoms with Crippen molar-refractivity contribution < 1.29 is 9.59 Å². The van der Waals surface area contributed by atoms with Gasteiger partial charge in [-0.15, -0.1) is 11.3 Å². The molecule has 0 aliphatic carbocycles. The average Bonchev–Trinajstić information content (AvgIpc) is 3.34. The van der Waals surface area contributed by atoms with Crippen LogP contribution in [0.2, 0.25) is 0 Å². The van der Waals surface area contributed by atoms with Gasteiger partial charge in [0, 0.05) is 12.8 Å². The number of rotatable bonds is 8. The monoisotopic (exact) mass is 470 g/mol. The summed E-state index contributed by atoms with van der Waals surface area (Å²) in [5.41, 5.74) is 1.97. The van der Waals surface area contributed by atoms with E-state index in [2.05, 4.69) is 16.4 Å². The van der Waals surface area contributed by atoms with Gasteiger partial charge in [-0.3, -0.25) is 9.69 Å². The molecule has 1 aliphatic rings. The van der Waals surface area contributed by atoms with Crippen LogP contribution >= 0.6 is 11.3 Å². The molecular weight excluding hydrogens is 444 g/mol. The van der Waals surface area contributed by atoms with Crippen LogP contribution in [0.1, 0.15) is 16.1 Å². The van der Waals surface area contributed by atoms with E-state index >= 15 is 0 Å². The summed E-state index contributed by atoms with van der Waals surface area (Å²) in [5.74, 6) is -0.193.